The van der Waals surface area contributed by atoms with Crippen molar-refractivity contribution in [3.05, 3.63) is 23.8 Å². The van der Waals surface area contributed by atoms with Gasteiger partial charge in [0.2, 0.25) is 0 Å². The second kappa shape index (κ2) is 3.47. The first kappa shape index (κ1) is 8.90. The van der Waals surface area contributed by atoms with Gasteiger partial charge in [-0.15, -0.1) is 0 Å². The Morgan fingerprint density at radius 2 is 2.08 bits per heavy atom. The fourth-order valence-electron chi connectivity index (χ4n) is 0.857. The lowest BCUT2D eigenvalue weighted by atomic mass is 10.2. The molecule has 0 radical (unpaired) electrons. The van der Waals surface area contributed by atoms with Crippen LogP contribution in [0.25, 0.3) is 0 Å². The van der Waals surface area contributed by atoms with Crippen LogP contribution in [0.4, 0.5) is 5.69 Å². The van der Waals surface area contributed by atoms with E-state index in [-0.39, 0.29) is 0 Å². The standard InChI is InChI=1S/C7H10BNO3/c1-5-2-3-6(9)4-7(5)12-8(10)11/h2-4,10-11H,9H2,1H3. The quantitative estimate of drug-likeness (QED) is 0.425. The largest absolute Gasteiger partial charge is 0.707 e. The molecule has 0 aliphatic heterocycles. The minimum absolute atomic E-state index is 0.380. The first-order chi connectivity index (χ1) is 5.59. The van der Waals surface area contributed by atoms with E-state index in [1.54, 1.807) is 19.1 Å². The fourth-order valence-corrected chi connectivity index (χ4v) is 0.857. The average Bonchev–Trinajstić information content (AvgIpc) is 1.96. The van der Waals surface area contributed by atoms with Crippen LogP contribution in [0.5, 0.6) is 5.75 Å². The normalized spacial score (nSPS) is 9.58. The molecule has 0 aliphatic carbocycles. The Balaban J connectivity index is 2.90. The van der Waals surface area contributed by atoms with Crippen LogP contribution < -0.4 is 10.4 Å². The van der Waals surface area contributed by atoms with Crippen LogP contribution in [0.15, 0.2) is 18.2 Å². The van der Waals surface area contributed by atoms with Gasteiger partial charge in [-0.3, -0.25) is 0 Å². The van der Waals surface area contributed by atoms with Crippen molar-refractivity contribution in [1.82, 2.24) is 0 Å². The molecule has 0 bridgehead atoms. The molecule has 0 aliphatic rings. The van der Waals surface area contributed by atoms with Crippen molar-refractivity contribution >= 4 is 13.0 Å². The molecular formula is C7H10BNO3. The average molecular weight is 167 g/mol. The highest BCUT2D eigenvalue weighted by Crippen LogP contribution is 2.20. The number of aryl methyl sites for hydroxylation is 1. The molecule has 0 atom stereocenters. The highest BCUT2D eigenvalue weighted by molar-refractivity contribution is 6.33. The van der Waals surface area contributed by atoms with E-state index >= 15 is 0 Å². The molecular weight excluding hydrogens is 157 g/mol. The second-order valence-corrected chi connectivity index (χ2v) is 2.47. The van der Waals surface area contributed by atoms with Crippen LogP contribution in [0, 0.1) is 6.92 Å². The molecule has 0 heterocycles. The lowest BCUT2D eigenvalue weighted by Gasteiger charge is -2.08. The third-order valence-electron chi connectivity index (χ3n) is 1.44. The summed E-state index contributed by atoms with van der Waals surface area (Å²) >= 11 is 0. The van der Waals surface area contributed by atoms with Crippen LogP contribution in [0.3, 0.4) is 0 Å². The van der Waals surface area contributed by atoms with Crippen molar-refractivity contribution < 1.29 is 14.7 Å². The maximum Gasteiger partial charge on any atom is 0.707 e. The van der Waals surface area contributed by atoms with Gasteiger partial charge in [0.05, 0.1) is 0 Å². The topological polar surface area (TPSA) is 75.7 Å². The van der Waals surface area contributed by atoms with Gasteiger partial charge in [0.1, 0.15) is 5.75 Å². The minimum Gasteiger partial charge on any atom is -0.512 e. The molecule has 0 saturated heterocycles. The molecule has 64 valence electrons. The molecule has 0 amide bonds. The summed E-state index contributed by atoms with van der Waals surface area (Å²) in [5, 5.41) is 17.0. The molecule has 4 N–H and O–H groups in total. The summed E-state index contributed by atoms with van der Waals surface area (Å²) in [6.45, 7) is 1.79. The predicted octanol–water partition coefficient (Wildman–Crippen LogP) is -0.0745. The van der Waals surface area contributed by atoms with E-state index in [1.807, 2.05) is 0 Å². The van der Waals surface area contributed by atoms with Crippen LogP contribution >= 0.6 is 0 Å². The number of benzene rings is 1. The van der Waals surface area contributed by atoms with Crippen LogP contribution in [0.1, 0.15) is 5.56 Å². The van der Waals surface area contributed by atoms with Crippen LogP contribution in [0.2, 0.25) is 0 Å². The minimum atomic E-state index is -1.80. The summed E-state index contributed by atoms with van der Waals surface area (Å²) in [6, 6.07) is 4.99. The molecule has 0 spiro atoms. The van der Waals surface area contributed by atoms with Gasteiger partial charge in [-0.25, -0.2) is 0 Å². The number of nitrogens with two attached hydrogens (primary N) is 1. The van der Waals surface area contributed by atoms with E-state index < -0.39 is 7.32 Å². The Morgan fingerprint density at radius 3 is 2.67 bits per heavy atom. The molecule has 12 heavy (non-hydrogen) atoms. The van der Waals surface area contributed by atoms with Gasteiger partial charge in [0.15, 0.2) is 0 Å². The summed E-state index contributed by atoms with van der Waals surface area (Å²) in [6.07, 6.45) is 0. The van der Waals surface area contributed by atoms with Crippen LogP contribution in [-0.4, -0.2) is 17.4 Å². The summed E-state index contributed by atoms with van der Waals surface area (Å²) in [5.41, 5.74) is 6.79. The maximum atomic E-state index is 8.51. The number of hydrogen-bond acceptors (Lipinski definition) is 4. The van der Waals surface area contributed by atoms with E-state index in [9.17, 15) is 0 Å². The lowest BCUT2D eigenvalue weighted by molar-refractivity contribution is 0.287. The van der Waals surface area contributed by atoms with Crippen molar-refractivity contribution in [2.24, 2.45) is 0 Å². The van der Waals surface area contributed by atoms with Gasteiger partial charge < -0.3 is 20.4 Å². The Hall–Kier alpha value is -1.20. The van der Waals surface area contributed by atoms with Gasteiger partial charge in [-0.2, -0.15) is 0 Å². The molecule has 0 saturated carbocycles. The van der Waals surface area contributed by atoms with Gasteiger partial charge in [0.25, 0.3) is 0 Å². The smallest absolute Gasteiger partial charge is 0.512 e. The van der Waals surface area contributed by atoms with Crippen molar-refractivity contribution in [2.45, 2.75) is 6.92 Å². The lowest BCUT2D eigenvalue weighted by Crippen LogP contribution is -2.21. The zero-order valence-corrected chi connectivity index (χ0v) is 6.69. The summed E-state index contributed by atoms with van der Waals surface area (Å²) in [7, 11) is -1.80. The monoisotopic (exact) mass is 167 g/mol. The second-order valence-electron chi connectivity index (χ2n) is 2.47. The Morgan fingerprint density at radius 1 is 1.42 bits per heavy atom. The van der Waals surface area contributed by atoms with Crippen LogP contribution in [-0.2, 0) is 0 Å². The first-order valence-electron chi connectivity index (χ1n) is 3.48. The van der Waals surface area contributed by atoms with E-state index in [2.05, 4.69) is 4.65 Å². The number of nitrogen functional groups attached to an aromatic ring is 1. The van der Waals surface area contributed by atoms with Crippen molar-refractivity contribution in [3.8, 4) is 5.75 Å². The van der Waals surface area contributed by atoms with Gasteiger partial charge >= 0.3 is 7.32 Å². The zero-order chi connectivity index (χ0) is 9.14. The first-order valence-corrected chi connectivity index (χ1v) is 3.48. The molecule has 0 aromatic heterocycles. The molecule has 0 unspecified atom stereocenters. The highest BCUT2D eigenvalue weighted by Gasteiger charge is 2.12. The fraction of sp³-hybridized carbons (Fsp3) is 0.143. The molecule has 1 aromatic carbocycles. The highest BCUT2D eigenvalue weighted by atomic mass is 16.6. The van der Waals surface area contributed by atoms with Crippen molar-refractivity contribution in [2.75, 3.05) is 5.73 Å². The molecule has 1 aromatic rings. The molecule has 1 rings (SSSR count). The summed E-state index contributed by atoms with van der Waals surface area (Å²) < 4.78 is 4.66. The number of rotatable bonds is 2. The predicted molar refractivity (Wildman–Crippen MR) is 46.4 cm³/mol. The molecule has 5 heteroatoms. The Kier molecular flexibility index (Phi) is 2.57. The Labute approximate surface area is 70.8 Å². The summed E-state index contributed by atoms with van der Waals surface area (Å²) in [5.74, 6) is 0.380. The van der Waals surface area contributed by atoms with E-state index in [0.29, 0.717) is 11.4 Å². The third kappa shape index (κ3) is 2.15. The Bertz CT molecular complexity index is 277. The number of anilines is 1. The third-order valence-corrected chi connectivity index (χ3v) is 1.44. The van der Waals surface area contributed by atoms with Gasteiger partial charge in [-0.1, -0.05) is 6.07 Å². The van der Waals surface area contributed by atoms with E-state index in [0.717, 1.165) is 5.56 Å². The molecule has 0 fully saturated rings. The van der Waals surface area contributed by atoms with Crippen molar-refractivity contribution in [1.29, 1.82) is 0 Å². The van der Waals surface area contributed by atoms with E-state index in [4.69, 9.17) is 15.8 Å². The van der Waals surface area contributed by atoms with E-state index in [1.165, 1.54) is 6.07 Å². The molecule has 4 nitrogen and oxygen atoms in total. The summed E-state index contributed by atoms with van der Waals surface area (Å²) in [4.78, 5) is 0. The maximum absolute atomic E-state index is 8.51. The SMILES string of the molecule is Cc1ccc(N)cc1OB(O)O. The van der Waals surface area contributed by atoms with Gasteiger partial charge in [-0.05, 0) is 18.6 Å². The number of hydrogen-bond donors (Lipinski definition) is 3. The van der Waals surface area contributed by atoms with Crippen molar-refractivity contribution in [3.63, 3.8) is 0 Å². The zero-order valence-electron chi connectivity index (χ0n) is 6.69. The van der Waals surface area contributed by atoms with Gasteiger partial charge in [0, 0.05) is 11.8 Å².